The largest absolute Gasteiger partial charge is 0.504 e. The van der Waals surface area contributed by atoms with Crippen LogP contribution in [0, 0.1) is 10.1 Å². The molecule has 0 aromatic heterocycles. The molecule has 0 unspecified atom stereocenters. The molecule has 7 heteroatoms. The fourth-order valence-corrected chi connectivity index (χ4v) is 1.19. The van der Waals surface area contributed by atoms with Gasteiger partial charge in [-0.05, 0) is 12.1 Å². The fraction of sp³-hybridized carbons (Fsp3) is 0.100. The minimum Gasteiger partial charge on any atom is -0.504 e. The highest BCUT2D eigenvalue weighted by Crippen LogP contribution is 2.34. The Morgan fingerprint density at radius 2 is 2.18 bits per heavy atom. The number of hydrogen-bond acceptors (Lipinski definition) is 5. The van der Waals surface area contributed by atoms with Crippen molar-refractivity contribution in [2.24, 2.45) is 0 Å². The van der Waals surface area contributed by atoms with Crippen molar-refractivity contribution in [3.63, 3.8) is 0 Å². The molecule has 0 fully saturated rings. The lowest BCUT2D eigenvalue weighted by atomic mass is 10.1. The molecule has 0 heterocycles. The standard InChI is InChI=1S/C10H9NO6/c1-17-9-5-7(11(15)16)6(4-8(9)12)2-3-10(13)14/h2-5,12H,1H3,(H,13,14). The molecule has 7 nitrogen and oxygen atoms in total. The summed E-state index contributed by atoms with van der Waals surface area (Å²) in [4.78, 5) is 20.4. The predicted molar refractivity (Wildman–Crippen MR) is 58.0 cm³/mol. The number of nitrogens with zero attached hydrogens (tertiary/aromatic N) is 1. The number of carboxylic acids is 1. The summed E-state index contributed by atoms with van der Waals surface area (Å²) in [6.45, 7) is 0. The molecular weight excluding hydrogens is 230 g/mol. The summed E-state index contributed by atoms with van der Waals surface area (Å²) in [5, 5.41) is 28.6. The first kappa shape index (κ1) is 12.5. The van der Waals surface area contributed by atoms with Gasteiger partial charge < -0.3 is 14.9 Å². The number of nitro groups is 1. The van der Waals surface area contributed by atoms with E-state index in [4.69, 9.17) is 9.84 Å². The Labute approximate surface area is 95.7 Å². The summed E-state index contributed by atoms with van der Waals surface area (Å²) in [5.74, 6) is -1.60. The summed E-state index contributed by atoms with van der Waals surface area (Å²) in [6, 6.07) is 2.09. The summed E-state index contributed by atoms with van der Waals surface area (Å²) in [6.07, 6.45) is 1.77. The van der Waals surface area contributed by atoms with Crippen LogP contribution < -0.4 is 4.74 Å². The average Bonchev–Trinajstić information content (AvgIpc) is 2.25. The van der Waals surface area contributed by atoms with Gasteiger partial charge in [-0.15, -0.1) is 0 Å². The van der Waals surface area contributed by atoms with Crippen molar-refractivity contribution < 1.29 is 24.7 Å². The number of phenols is 1. The van der Waals surface area contributed by atoms with Gasteiger partial charge in [-0.25, -0.2) is 4.79 Å². The van der Waals surface area contributed by atoms with Crippen molar-refractivity contribution in [2.45, 2.75) is 0 Å². The first-order valence-corrected chi connectivity index (χ1v) is 4.42. The van der Waals surface area contributed by atoms with Crippen LogP contribution >= 0.6 is 0 Å². The molecule has 17 heavy (non-hydrogen) atoms. The van der Waals surface area contributed by atoms with Crippen molar-refractivity contribution >= 4 is 17.7 Å². The summed E-state index contributed by atoms with van der Waals surface area (Å²) < 4.78 is 4.72. The van der Waals surface area contributed by atoms with Crippen molar-refractivity contribution in [3.05, 3.63) is 33.9 Å². The Hall–Kier alpha value is -2.57. The smallest absolute Gasteiger partial charge is 0.328 e. The quantitative estimate of drug-likeness (QED) is 0.467. The number of nitro benzene ring substituents is 1. The highest BCUT2D eigenvalue weighted by molar-refractivity contribution is 5.86. The second-order valence-electron chi connectivity index (χ2n) is 3.01. The number of aliphatic carboxylic acids is 1. The molecule has 0 bridgehead atoms. The Morgan fingerprint density at radius 1 is 1.53 bits per heavy atom. The Kier molecular flexibility index (Phi) is 3.66. The number of benzene rings is 1. The first-order valence-electron chi connectivity index (χ1n) is 4.42. The molecule has 0 aliphatic rings. The Morgan fingerprint density at radius 3 is 2.65 bits per heavy atom. The van der Waals surface area contributed by atoms with Crippen LogP contribution in [-0.2, 0) is 4.79 Å². The van der Waals surface area contributed by atoms with Crippen LogP contribution in [0.15, 0.2) is 18.2 Å². The van der Waals surface area contributed by atoms with Gasteiger partial charge in [0.05, 0.1) is 23.7 Å². The van der Waals surface area contributed by atoms with Crippen molar-refractivity contribution in [2.75, 3.05) is 7.11 Å². The van der Waals surface area contributed by atoms with Crippen LogP contribution in [0.5, 0.6) is 11.5 Å². The molecule has 1 rings (SSSR count). The normalized spacial score (nSPS) is 10.4. The van der Waals surface area contributed by atoms with E-state index in [0.717, 1.165) is 24.3 Å². The number of hydrogen-bond donors (Lipinski definition) is 2. The van der Waals surface area contributed by atoms with Gasteiger partial charge in [-0.2, -0.15) is 0 Å². The topological polar surface area (TPSA) is 110 Å². The van der Waals surface area contributed by atoms with Gasteiger partial charge in [0.1, 0.15) is 0 Å². The maximum atomic E-state index is 10.7. The highest BCUT2D eigenvalue weighted by Gasteiger charge is 2.16. The number of rotatable bonds is 4. The van der Waals surface area contributed by atoms with Crippen LogP contribution in [0.25, 0.3) is 6.08 Å². The predicted octanol–water partition coefficient (Wildman–Crippen LogP) is 1.41. The van der Waals surface area contributed by atoms with E-state index in [2.05, 4.69) is 0 Å². The number of carbonyl (C=O) groups is 1. The van der Waals surface area contributed by atoms with E-state index in [1.54, 1.807) is 0 Å². The van der Waals surface area contributed by atoms with Crippen LogP contribution in [-0.4, -0.2) is 28.2 Å². The van der Waals surface area contributed by atoms with E-state index in [1.165, 1.54) is 7.11 Å². The van der Waals surface area contributed by atoms with Crippen molar-refractivity contribution in [1.29, 1.82) is 0 Å². The zero-order valence-corrected chi connectivity index (χ0v) is 8.78. The maximum absolute atomic E-state index is 10.7. The fourth-order valence-electron chi connectivity index (χ4n) is 1.19. The molecule has 0 saturated heterocycles. The van der Waals surface area contributed by atoms with E-state index in [0.29, 0.717) is 0 Å². The Bertz CT molecular complexity index is 494. The third kappa shape index (κ3) is 2.94. The summed E-state index contributed by atoms with van der Waals surface area (Å²) in [7, 11) is 1.26. The van der Waals surface area contributed by atoms with E-state index < -0.39 is 10.9 Å². The molecule has 0 aliphatic carbocycles. The second kappa shape index (κ2) is 4.97. The van der Waals surface area contributed by atoms with Crippen LogP contribution in [0.4, 0.5) is 5.69 Å². The molecule has 0 spiro atoms. The number of carboxylic acid groups (broad SMARTS) is 1. The monoisotopic (exact) mass is 239 g/mol. The molecule has 0 saturated carbocycles. The molecule has 0 radical (unpaired) electrons. The van der Waals surface area contributed by atoms with E-state index in [9.17, 15) is 20.0 Å². The SMILES string of the molecule is COc1cc([N+](=O)[O-])c(C=CC(=O)O)cc1O. The van der Waals surface area contributed by atoms with E-state index in [-0.39, 0.29) is 22.7 Å². The number of phenolic OH excluding ortho intramolecular Hbond substituents is 1. The van der Waals surface area contributed by atoms with Gasteiger partial charge in [0, 0.05) is 6.08 Å². The summed E-state index contributed by atoms with van der Waals surface area (Å²) in [5.41, 5.74) is -0.368. The lowest BCUT2D eigenvalue weighted by Crippen LogP contribution is -1.94. The lowest BCUT2D eigenvalue weighted by Gasteiger charge is -2.04. The first-order chi connectivity index (χ1) is 7.95. The van der Waals surface area contributed by atoms with Gasteiger partial charge in [0.2, 0.25) is 0 Å². The molecule has 90 valence electrons. The highest BCUT2D eigenvalue weighted by atomic mass is 16.6. The zero-order chi connectivity index (χ0) is 13.0. The Balaban J connectivity index is 3.32. The average molecular weight is 239 g/mol. The number of aromatic hydroxyl groups is 1. The molecule has 0 amide bonds. The number of ether oxygens (including phenoxy) is 1. The minimum atomic E-state index is -1.24. The lowest BCUT2D eigenvalue weighted by molar-refractivity contribution is -0.385. The summed E-state index contributed by atoms with van der Waals surface area (Å²) >= 11 is 0. The minimum absolute atomic E-state index is 0.0179. The van der Waals surface area contributed by atoms with E-state index >= 15 is 0 Å². The molecule has 1 aromatic carbocycles. The molecule has 1 aromatic rings. The van der Waals surface area contributed by atoms with Gasteiger partial charge in [0.15, 0.2) is 11.5 Å². The van der Waals surface area contributed by atoms with Crippen LogP contribution in [0.1, 0.15) is 5.56 Å². The molecular formula is C10H9NO6. The van der Waals surface area contributed by atoms with Crippen LogP contribution in [0.3, 0.4) is 0 Å². The number of methoxy groups -OCH3 is 1. The van der Waals surface area contributed by atoms with Gasteiger partial charge in [-0.1, -0.05) is 0 Å². The van der Waals surface area contributed by atoms with Gasteiger partial charge >= 0.3 is 5.97 Å². The molecule has 0 atom stereocenters. The van der Waals surface area contributed by atoms with Crippen molar-refractivity contribution in [3.8, 4) is 11.5 Å². The third-order valence-electron chi connectivity index (χ3n) is 1.93. The maximum Gasteiger partial charge on any atom is 0.328 e. The van der Waals surface area contributed by atoms with Gasteiger partial charge in [0.25, 0.3) is 5.69 Å². The zero-order valence-electron chi connectivity index (χ0n) is 8.78. The third-order valence-corrected chi connectivity index (χ3v) is 1.93. The van der Waals surface area contributed by atoms with Crippen LogP contribution in [0.2, 0.25) is 0 Å². The molecule has 2 N–H and O–H groups in total. The van der Waals surface area contributed by atoms with Gasteiger partial charge in [-0.3, -0.25) is 10.1 Å². The second-order valence-corrected chi connectivity index (χ2v) is 3.01. The van der Waals surface area contributed by atoms with Crippen molar-refractivity contribution in [1.82, 2.24) is 0 Å². The van der Waals surface area contributed by atoms with E-state index in [1.807, 2.05) is 0 Å². The molecule has 0 aliphatic heterocycles.